The van der Waals surface area contributed by atoms with Crippen molar-refractivity contribution in [3.8, 4) is 11.5 Å². The Kier molecular flexibility index (Phi) is 6.27. The first-order valence-electron chi connectivity index (χ1n) is 6.31. The number of carbonyl (C=O) groups is 1. The van der Waals surface area contributed by atoms with Crippen molar-refractivity contribution in [3.63, 3.8) is 0 Å². The number of nitrogens with one attached hydrogen (secondary N) is 1. The van der Waals surface area contributed by atoms with Crippen LogP contribution in [0.1, 0.15) is 12.0 Å². The van der Waals surface area contributed by atoms with Crippen LogP contribution < -0.4 is 20.5 Å². The third-order valence-electron chi connectivity index (χ3n) is 2.96. The molecule has 0 heterocycles. The van der Waals surface area contributed by atoms with E-state index in [2.05, 4.69) is 5.32 Å². The summed E-state index contributed by atoms with van der Waals surface area (Å²) in [6.45, 7) is 2.32. The molecule has 0 aliphatic carbocycles. The Bertz CT molecular complexity index is 463. The molecule has 112 valence electrons. The van der Waals surface area contributed by atoms with Gasteiger partial charge in [0.25, 0.3) is 0 Å². The first-order valence-corrected chi connectivity index (χ1v) is 6.31. The van der Waals surface area contributed by atoms with Gasteiger partial charge >= 0.3 is 0 Å². The molecule has 0 radical (unpaired) electrons. The van der Waals surface area contributed by atoms with E-state index in [4.69, 9.17) is 19.9 Å². The second-order valence-corrected chi connectivity index (χ2v) is 4.40. The van der Waals surface area contributed by atoms with Gasteiger partial charge in [-0.1, -0.05) is 0 Å². The van der Waals surface area contributed by atoms with Crippen molar-refractivity contribution in [2.45, 2.75) is 19.4 Å². The van der Waals surface area contributed by atoms with Crippen molar-refractivity contribution < 1.29 is 19.0 Å². The fourth-order valence-corrected chi connectivity index (χ4v) is 1.72. The van der Waals surface area contributed by atoms with Crippen LogP contribution in [0.4, 0.5) is 5.69 Å². The number of rotatable bonds is 7. The van der Waals surface area contributed by atoms with E-state index in [1.165, 1.54) is 0 Å². The smallest absolute Gasteiger partial charge is 0.241 e. The Morgan fingerprint density at radius 1 is 1.25 bits per heavy atom. The summed E-state index contributed by atoms with van der Waals surface area (Å²) in [6, 6.07) is 2.91. The Morgan fingerprint density at radius 2 is 1.85 bits per heavy atom. The fourth-order valence-electron chi connectivity index (χ4n) is 1.72. The number of anilines is 1. The van der Waals surface area contributed by atoms with Crippen LogP contribution in [0.15, 0.2) is 12.1 Å². The average Bonchev–Trinajstić information content (AvgIpc) is 2.45. The lowest BCUT2D eigenvalue weighted by Gasteiger charge is -2.16. The summed E-state index contributed by atoms with van der Waals surface area (Å²) in [5, 5.41) is 2.79. The molecule has 20 heavy (non-hydrogen) atoms. The van der Waals surface area contributed by atoms with E-state index < -0.39 is 6.04 Å². The van der Waals surface area contributed by atoms with E-state index in [0.717, 1.165) is 5.56 Å². The number of hydrogen-bond acceptors (Lipinski definition) is 5. The van der Waals surface area contributed by atoms with Crippen molar-refractivity contribution in [2.75, 3.05) is 33.3 Å². The van der Waals surface area contributed by atoms with Crippen LogP contribution in [0, 0.1) is 6.92 Å². The van der Waals surface area contributed by atoms with Crippen LogP contribution in [0.5, 0.6) is 11.5 Å². The maximum absolute atomic E-state index is 12.0. The van der Waals surface area contributed by atoms with Crippen molar-refractivity contribution in [1.82, 2.24) is 0 Å². The van der Waals surface area contributed by atoms with Gasteiger partial charge in [-0.3, -0.25) is 4.79 Å². The topological polar surface area (TPSA) is 82.8 Å². The monoisotopic (exact) mass is 282 g/mol. The molecule has 0 saturated carbocycles. The van der Waals surface area contributed by atoms with E-state index in [0.29, 0.717) is 30.2 Å². The molecule has 0 spiro atoms. The standard InChI is InChI=1S/C14H22N2O4/c1-9-7-12(19-3)13(20-4)8-11(9)16-14(17)10(15)5-6-18-2/h7-8,10H,5-6,15H2,1-4H3,(H,16,17). The number of nitrogens with two attached hydrogens (primary N) is 1. The molecule has 6 nitrogen and oxygen atoms in total. The van der Waals surface area contributed by atoms with Gasteiger partial charge in [0.2, 0.25) is 5.91 Å². The van der Waals surface area contributed by atoms with E-state index in [-0.39, 0.29) is 5.91 Å². The number of carbonyl (C=O) groups excluding carboxylic acids is 1. The largest absolute Gasteiger partial charge is 0.493 e. The summed E-state index contributed by atoms with van der Waals surface area (Å²) in [4.78, 5) is 12.0. The lowest BCUT2D eigenvalue weighted by molar-refractivity contribution is -0.117. The first-order chi connectivity index (χ1) is 9.53. The zero-order chi connectivity index (χ0) is 15.1. The highest BCUT2D eigenvalue weighted by Gasteiger charge is 2.16. The van der Waals surface area contributed by atoms with Crippen molar-refractivity contribution >= 4 is 11.6 Å². The van der Waals surface area contributed by atoms with Gasteiger partial charge in [0.1, 0.15) is 0 Å². The molecule has 1 amide bonds. The maximum atomic E-state index is 12.0. The number of aryl methyl sites for hydroxylation is 1. The van der Waals surface area contributed by atoms with Gasteiger partial charge in [-0.2, -0.15) is 0 Å². The van der Waals surface area contributed by atoms with E-state index in [1.54, 1.807) is 33.5 Å². The Morgan fingerprint density at radius 3 is 2.40 bits per heavy atom. The predicted octanol–water partition coefficient (Wildman–Crippen LogP) is 1.31. The highest BCUT2D eigenvalue weighted by atomic mass is 16.5. The van der Waals surface area contributed by atoms with Crippen LogP contribution >= 0.6 is 0 Å². The van der Waals surface area contributed by atoms with Crippen LogP contribution in [0.25, 0.3) is 0 Å². The lowest BCUT2D eigenvalue weighted by Crippen LogP contribution is -2.36. The Hall–Kier alpha value is -1.79. The SMILES string of the molecule is COCCC(N)C(=O)Nc1cc(OC)c(OC)cc1C. The molecule has 0 aromatic heterocycles. The van der Waals surface area contributed by atoms with Gasteiger partial charge in [-0.05, 0) is 25.0 Å². The average molecular weight is 282 g/mol. The van der Waals surface area contributed by atoms with Gasteiger partial charge in [-0.25, -0.2) is 0 Å². The van der Waals surface area contributed by atoms with Gasteiger partial charge in [-0.15, -0.1) is 0 Å². The summed E-state index contributed by atoms with van der Waals surface area (Å²) >= 11 is 0. The summed E-state index contributed by atoms with van der Waals surface area (Å²) in [6.07, 6.45) is 0.467. The molecule has 0 bridgehead atoms. The van der Waals surface area contributed by atoms with Crippen LogP contribution in [-0.4, -0.2) is 39.9 Å². The molecule has 0 fully saturated rings. The second kappa shape index (κ2) is 7.72. The molecule has 1 rings (SSSR count). The fraction of sp³-hybridized carbons (Fsp3) is 0.500. The summed E-state index contributed by atoms with van der Waals surface area (Å²) in [5.74, 6) is 0.919. The van der Waals surface area contributed by atoms with Crippen LogP contribution in [0.2, 0.25) is 0 Å². The first kappa shape index (κ1) is 16.3. The third-order valence-corrected chi connectivity index (χ3v) is 2.96. The molecule has 1 aromatic rings. The lowest BCUT2D eigenvalue weighted by atomic mass is 10.1. The normalized spacial score (nSPS) is 11.8. The zero-order valence-corrected chi connectivity index (χ0v) is 12.4. The minimum absolute atomic E-state index is 0.252. The minimum atomic E-state index is -0.609. The van der Waals surface area contributed by atoms with Gasteiger partial charge in [0.15, 0.2) is 11.5 Å². The van der Waals surface area contributed by atoms with E-state index in [1.807, 2.05) is 6.92 Å². The van der Waals surface area contributed by atoms with E-state index >= 15 is 0 Å². The predicted molar refractivity (Wildman–Crippen MR) is 77.4 cm³/mol. The molecule has 3 N–H and O–H groups in total. The second-order valence-electron chi connectivity index (χ2n) is 4.40. The molecule has 0 saturated heterocycles. The van der Waals surface area contributed by atoms with Crippen molar-refractivity contribution in [2.24, 2.45) is 5.73 Å². The van der Waals surface area contributed by atoms with Crippen molar-refractivity contribution in [3.05, 3.63) is 17.7 Å². The Labute approximate surface area is 119 Å². The number of amides is 1. The molecule has 0 aliphatic heterocycles. The quantitative estimate of drug-likeness (QED) is 0.788. The number of methoxy groups -OCH3 is 3. The van der Waals surface area contributed by atoms with E-state index in [9.17, 15) is 4.79 Å². The Balaban J connectivity index is 2.84. The van der Waals surface area contributed by atoms with Gasteiger partial charge in [0.05, 0.1) is 20.3 Å². The summed E-state index contributed by atoms with van der Waals surface area (Å²) in [7, 11) is 4.68. The van der Waals surface area contributed by atoms with Crippen LogP contribution in [-0.2, 0) is 9.53 Å². The summed E-state index contributed by atoms with van der Waals surface area (Å²) in [5.41, 5.74) is 7.30. The number of hydrogen-bond donors (Lipinski definition) is 2. The molecule has 1 aromatic carbocycles. The van der Waals surface area contributed by atoms with Crippen LogP contribution in [0.3, 0.4) is 0 Å². The molecule has 6 heteroatoms. The molecular formula is C14H22N2O4. The highest BCUT2D eigenvalue weighted by molar-refractivity contribution is 5.95. The maximum Gasteiger partial charge on any atom is 0.241 e. The zero-order valence-electron chi connectivity index (χ0n) is 12.4. The third kappa shape index (κ3) is 4.11. The summed E-state index contributed by atoms with van der Waals surface area (Å²) < 4.78 is 15.3. The molecule has 1 unspecified atom stereocenters. The number of benzene rings is 1. The van der Waals surface area contributed by atoms with Gasteiger partial charge < -0.3 is 25.3 Å². The molecule has 0 aliphatic rings. The van der Waals surface area contributed by atoms with Gasteiger partial charge in [0, 0.05) is 25.5 Å². The van der Waals surface area contributed by atoms with Crippen molar-refractivity contribution in [1.29, 1.82) is 0 Å². The highest BCUT2D eigenvalue weighted by Crippen LogP contribution is 2.32. The number of ether oxygens (including phenoxy) is 3. The minimum Gasteiger partial charge on any atom is -0.493 e. The molecule has 1 atom stereocenters. The molecular weight excluding hydrogens is 260 g/mol.